The molecule has 1 aromatic carbocycles. The monoisotopic (exact) mass is 461 g/mol. The minimum absolute atomic E-state index is 0.181. The molecule has 2 aliphatic rings. The Morgan fingerprint density at radius 3 is 2.71 bits per heavy atom. The molecule has 0 saturated carbocycles. The quantitative estimate of drug-likeness (QED) is 0.500. The molecular weight excluding hydrogens is 437 g/mol. The van der Waals surface area contributed by atoms with Gasteiger partial charge in [-0.25, -0.2) is 14.4 Å². The van der Waals surface area contributed by atoms with E-state index in [0.717, 1.165) is 37.3 Å². The molecule has 2 aliphatic heterocycles. The summed E-state index contributed by atoms with van der Waals surface area (Å²) in [6, 6.07) is 5.14. The molecule has 5 heterocycles. The summed E-state index contributed by atoms with van der Waals surface area (Å²) in [5, 5.41) is 3.58. The Labute approximate surface area is 195 Å². The first-order valence-electron chi connectivity index (χ1n) is 11.1. The van der Waals surface area contributed by atoms with Crippen LogP contribution in [-0.4, -0.2) is 70.5 Å². The van der Waals surface area contributed by atoms with Gasteiger partial charge in [-0.1, -0.05) is 0 Å². The van der Waals surface area contributed by atoms with Gasteiger partial charge in [0.05, 0.1) is 29.6 Å². The zero-order valence-electron chi connectivity index (χ0n) is 19.2. The Morgan fingerprint density at radius 1 is 1.18 bits per heavy atom. The van der Waals surface area contributed by atoms with Gasteiger partial charge >= 0.3 is 6.01 Å². The summed E-state index contributed by atoms with van der Waals surface area (Å²) in [7, 11) is 3.62. The van der Waals surface area contributed by atoms with Crippen molar-refractivity contribution in [2.75, 3.05) is 50.6 Å². The number of pyridine rings is 1. The van der Waals surface area contributed by atoms with Crippen molar-refractivity contribution < 1.29 is 13.9 Å². The summed E-state index contributed by atoms with van der Waals surface area (Å²) in [4.78, 5) is 30.8. The van der Waals surface area contributed by atoms with E-state index in [1.54, 1.807) is 36.0 Å². The molecule has 6 rings (SSSR count). The Hall–Kier alpha value is -3.79. The zero-order chi connectivity index (χ0) is 23.6. The Bertz CT molecular complexity index is 1450. The van der Waals surface area contributed by atoms with Gasteiger partial charge in [0.15, 0.2) is 11.5 Å². The topological polar surface area (TPSA) is 87.9 Å². The number of imidazole rings is 1. The van der Waals surface area contributed by atoms with Crippen molar-refractivity contribution in [3.8, 4) is 6.01 Å². The molecule has 10 heteroatoms. The highest BCUT2D eigenvalue weighted by molar-refractivity contribution is 6.13. The summed E-state index contributed by atoms with van der Waals surface area (Å²) in [5.74, 6) is -0.906. The second-order valence-corrected chi connectivity index (χ2v) is 9.42. The van der Waals surface area contributed by atoms with E-state index in [4.69, 9.17) is 4.74 Å². The number of benzene rings is 1. The molecule has 1 spiro atoms. The SMILES string of the molecule is COc1ncc2c(N3CC4(CN(C)C4)C3)ccc(C(=O)Nc3cc(F)c4nc(C)cn4c3)c2n1. The van der Waals surface area contributed by atoms with Crippen LogP contribution >= 0.6 is 0 Å². The fraction of sp³-hybridized carbons (Fsp3) is 0.333. The van der Waals surface area contributed by atoms with Gasteiger partial charge in [0.1, 0.15) is 0 Å². The number of likely N-dealkylation sites (tertiary alicyclic amines) is 1. The molecule has 34 heavy (non-hydrogen) atoms. The van der Waals surface area contributed by atoms with Crippen molar-refractivity contribution in [3.63, 3.8) is 0 Å². The standard InChI is InChI=1S/C24H24FN7O2/c1-14-8-31-9-15(6-18(25)21(31)27-14)28-22(33)16-4-5-19(17-7-26-23(34-3)29-20(16)17)32-12-24(13-32)10-30(2)11-24/h4-9H,10-13H2,1-3H3,(H,28,33). The molecule has 2 fully saturated rings. The van der Waals surface area contributed by atoms with Crippen molar-refractivity contribution in [1.82, 2.24) is 24.3 Å². The van der Waals surface area contributed by atoms with E-state index >= 15 is 0 Å². The van der Waals surface area contributed by atoms with Crippen molar-refractivity contribution in [1.29, 1.82) is 0 Å². The first-order chi connectivity index (χ1) is 16.3. The number of nitrogens with zero attached hydrogens (tertiary/aromatic N) is 6. The Balaban J connectivity index is 1.34. The van der Waals surface area contributed by atoms with Crippen LogP contribution in [0.3, 0.4) is 0 Å². The maximum absolute atomic E-state index is 14.5. The number of ether oxygens (including phenoxy) is 1. The molecule has 1 N–H and O–H groups in total. The minimum Gasteiger partial charge on any atom is -0.467 e. The third-order valence-electron chi connectivity index (χ3n) is 6.62. The largest absolute Gasteiger partial charge is 0.467 e. The lowest BCUT2D eigenvalue weighted by molar-refractivity contribution is -0.00225. The normalized spacial score (nSPS) is 17.1. The number of amides is 1. The summed E-state index contributed by atoms with van der Waals surface area (Å²) in [5.41, 5.74) is 3.44. The Morgan fingerprint density at radius 2 is 1.97 bits per heavy atom. The minimum atomic E-state index is -0.511. The highest BCUT2D eigenvalue weighted by Gasteiger charge is 2.50. The number of halogens is 1. The molecule has 0 aliphatic carbocycles. The number of rotatable bonds is 4. The van der Waals surface area contributed by atoms with E-state index in [2.05, 4.69) is 37.1 Å². The number of fused-ring (bicyclic) bond motifs is 2. The number of anilines is 2. The maximum Gasteiger partial charge on any atom is 0.316 e. The van der Waals surface area contributed by atoms with E-state index in [1.807, 2.05) is 6.07 Å². The zero-order valence-corrected chi connectivity index (χ0v) is 19.2. The van der Waals surface area contributed by atoms with Crippen molar-refractivity contribution >= 4 is 33.8 Å². The van der Waals surface area contributed by atoms with Gasteiger partial charge < -0.3 is 24.3 Å². The van der Waals surface area contributed by atoms with Crippen molar-refractivity contribution in [2.24, 2.45) is 5.41 Å². The number of aryl methyl sites for hydroxylation is 1. The highest BCUT2D eigenvalue weighted by Crippen LogP contribution is 2.43. The molecule has 0 atom stereocenters. The number of hydrogen-bond donors (Lipinski definition) is 1. The molecule has 0 radical (unpaired) electrons. The number of nitrogens with one attached hydrogen (secondary N) is 1. The fourth-order valence-corrected chi connectivity index (χ4v) is 5.33. The molecule has 4 aromatic rings. The molecule has 9 nitrogen and oxygen atoms in total. The van der Waals surface area contributed by atoms with Crippen molar-refractivity contribution in [3.05, 3.63) is 53.9 Å². The van der Waals surface area contributed by atoms with Crippen LogP contribution in [0.5, 0.6) is 6.01 Å². The van der Waals surface area contributed by atoms with Gasteiger partial charge in [-0.05, 0) is 26.1 Å². The second-order valence-electron chi connectivity index (χ2n) is 9.42. The van der Waals surface area contributed by atoms with Crippen LogP contribution in [0.2, 0.25) is 0 Å². The fourth-order valence-electron chi connectivity index (χ4n) is 5.33. The van der Waals surface area contributed by atoms with Crippen LogP contribution in [0.15, 0.2) is 36.8 Å². The smallest absolute Gasteiger partial charge is 0.316 e. The number of carbonyl (C=O) groups is 1. The number of hydrogen-bond acceptors (Lipinski definition) is 7. The predicted molar refractivity (Wildman–Crippen MR) is 126 cm³/mol. The van der Waals surface area contributed by atoms with E-state index < -0.39 is 11.7 Å². The third kappa shape index (κ3) is 3.25. The molecule has 3 aromatic heterocycles. The molecule has 1 amide bonds. The van der Waals surface area contributed by atoms with Crippen LogP contribution in [0.25, 0.3) is 16.6 Å². The van der Waals surface area contributed by atoms with Gasteiger partial charge in [0.2, 0.25) is 0 Å². The van der Waals surface area contributed by atoms with Gasteiger partial charge in [-0.2, -0.15) is 4.98 Å². The van der Waals surface area contributed by atoms with E-state index in [-0.39, 0.29) is 11.7 Å². The second kappa shape index (κ2) is 7.36. The molecule has 0 bridgehead atoms. The van der Waals surface area contributed by atoms with E-state index in [1.165, 1.54) is 13.2 Å². The average molecular weight is 462 g/mol. The lowest BCUT2D eigenvalue weighted by Crippen LogP contribution is -2.71. The van der Waals surface area contributed by atoms with Crippen molar-refractivity contribution in [2.45, 2.75) is 6.92 Å². The van der Waals surface area contributed by atoms with Crippen LogP contribution in [0.1, 0.15) is 16.1 Å². The summed E-state index contributed by atoms with van der Waals surface area (Å²) >= 11 is 0. The van der Waals surface area contributed by atoms with Crippen LogP contribution < -0.4 is 15.0 Å². The van der Waals surface area contributed by atoms with Gasteiger partial charge in [0, 0.05) is 67.3 Å². The van der Waals surface area contributed by atoms with Gasteiger partial charge in [-0.3, -0.25) is 4.79 Å². The summed E-state index contributed by atoms with van der Waals surface area (Å²) < 4.78 is 21.3. The van der Waals surface area contributed by atoms with Gasteiger partial charge in [-0.15, -0.1) is 0 Å². The van der Waals surface area contributed by atoms with E-state index in [0.29, 0.717) is 27.9 Å². The lowest BCUT2D eigenvalue weighted by atomic mass is 9.73. The summed E-state index contributed by atoms with van der Waals surface area (Å²) in [6.07, 6.45) is 5.04. The van der Waals surface area contributed by atoms with Gasteiger partial charge in [0.25, 0.3) is 5.91 Å². The number of aromatic nitrogens is 4. The average Bonchev–Trinajstić information content (AvgIpc) is 3.15. The van der Waals surface area contributed by atoms with Crippen LogP contribution in [-0.2, 0) is 0 Å². The Kier molecular flexibility index (Phi) is 4.50. The first-order valence-corrected chi connectivity index (χ1v) is 11.1. The highest BCUT2D eigenvalue weighted by atomic mass is 19.1. The molecular formula is C24H24FN7O2. The molecule has 0 unspecified atom stereocenters. The number of carbonyl (C=O) groups excluding carboxylic acids is 1. The van der Waals surface area contributed by atoms with Crippen LogP contribution in [0, 0.1) is 18.2 Å². The third-order valence-corrected chi connectivity index (χ3v) is 6.62. The lowest BCUT2D eigenvalue weighted by Gasteiger charge is -2.60. The summed E-state index contributed by atoms with van der Waals surface area (Å²) in [6.45, 7) is 5.92. The maximum atomic E-state index is 14.5. The van der Waals surface area contributed by atoms with Crippen LogP contribution in [0.4, 0.5) is 15.8 Å². The molecule has 2 saturated heterocycles. The first kappa shape index (κ1) is 20.8. The van der Waals surface area contributed by atoms with E-state index in [9.17, 15) is 9.18 Å². The molecule has 174 valence electrons. The predicted octanol–water partition coefficient (Wildman–Crippen LogP) is 2.74. The number of methoxy groups -OCH3 is 1.